The minimum absolute atomic E-state index is 0.301. The van der Waals surface area contributed by atoms with Gasteiger partial charge in [-0.1, -0.05) is 6.92 Å². The molecule has 0 bridgehead atoms. The molecule has 7 nitrogen and oxygen atoms in total. The summed E-state index contributed by atoms with van der Waals surface area (Å²) in [4.78, 5) is 33.1. The van der Waals surface area contributed by atoms with Crippen molar-refractivity contribution in [3.8, 4) is 0 Å². The van der Waals surface area contributed by atoms with E-state index < -0.39 is 24.1 Å². The van der Waals surface area contributed by atoms with Gasteiger partial charge < -0.3 is 21.1 Å². The lowest BCUT2D eigenvalue weighted by molar-refractivity contribution is -0.138. The van der Waals surface area contributed by atoms with Gasteiger partial charge in [-0.2, -0.15) is 0 Å². The Bertz CT molecular complexity index is 293. The second-order valence-corrected chi connectivity index (χ2v) is 3.69. The van der Waals surface area contributed by atoms with Crippen LogP contribution in [0.3, 0.4) is 0 Å². The zero-order chi connectivity index (χ0) is 13.4. The normalized spacial score (nSPS) is 13.4. The maximum atomic E-state index is 11.4. The first-order valence-corrected chi connectivity index (χ1v) is 5.46. The van der Waals surface area contributed by atoms with E-state index in [1.54, 1.807) is 0 Å². The van der Waals surface area contributed by atoms with Crippen molar-refractivity contribution < 1.29 is 19.5 Å². The summed E-state index contributed by atoms with van der Waals surface area (Å²) in [7, 11) is 0. The largest absolute Gasteiger partial charge is 0.480 e. The van der Waals surface area contributed by atoms with Crippen molar-refractivity contribution in [3.05, 3.63) is 0 Å². The zero-order valence-electron chi connectivity index (χ0n) is 10.2. The molecule has 4 N–H and O–H groups in total. The van der Waals surface area contributed by atoms with Gasteiger partial charge in [0.2, 0.25) is 5.91 Å². The quantitative estimate of drug-likeness (QED) is 0.514. The molecule has 0 fully saturated rings. The summed E-state index contributed by atoms with van der Waals surface area (Å²) < 4.78 is 0. The Kier molecular flexibility index (Phi) is 6.69. The van der Waals surface area contributed by atoms with E-state index in [1.807, 2.05) is 6.92 Å². The average molecular weight is 245 g/mol. The molecule has 0 saturated heterocycles. The number of hydrogen-bond acceptors (Lipinski definition) is 3. The maximum absolute atomic E-state index is 11.4. The number of rotatable bonds is 6. The first-order chi connectivity index (χ1) is 7.88. The second-order valence-electron chi connectivity index (χ2n) is 3.69. The van der Waals surface area contributed by atoms with Crippen LogP contribution in [-0.2, 0) is 9.59 Å². The molecule has 0 aliphatic rings. The van der Waals surface area contributed by atoms with Gasteiger partial charge >= 0.3 is 12.0 Å². The third-order valence-corrected chi connectivity index (χ3v) is 2.01. The van der Waals surface area contributed by atoms with Crippen molar-refractivity contribution in [2.45, 2.75) is 39.3 Å². The molecule has 0 radical (unpaired) electrons. The lowest BCUT2D eigenvalue weighted by atomic mass is 10.3. The Morgan fingerprint density at radius 2 is 1.65 bits per heavy atom. The van der Waals surface area contributed by atoms with Gasteiger partial charge in [-0.25, -0.2) is 4.79 Å². The van der Waals surface area contributed by atoms with Gasteiger partial charge in [0.05, 0.1) is 0 Å². The second kappa shape index (κ2) is 7.48. The summed E-state index contributed by atoms with van der Waals surface area (Å²) in [6, 6.07) is -2.39. The van der Waals surface area contributed by atoms with E-state index in [1.165, 1.54) is 13.8 Å². The van der Waals surface area contributed by atoms with Crippen LogP contribution in [0.2, 0.25) is 0 Å². The Balaban J connectivity index is 4.03. The molecule has 98 valence electrons. The van der Waals surface area contributed by atoms with E-state index in [2.05, 4.69) is 16.0 Å². The highest BCUT2D eigenvalue weighted by Gasteiger charge is 2.18. The first-order valence-electron chi connectivity index (χ1n) is 5.46. The van der Waals surface area contributed by atoms with Crippen molar-refractivity contribution in [1.29, 1.82) is 0 Å². The molecule has 0 rings (SSSR count). The van der Waals surface area contributed by atoms with Crippen molar-refractivity contribution in [2.24, 2.45) is 0 Å². The number of amides is 3. The molecule has 2 atom stereocenters. The fourth-order valence-electron chi connectivity index (χ4n) is 0.964. The summed E-state index contributed by atoms with van der Waals surface area (Å²) in [6.45, 7) is 5.32. The molecule has 0 aromatic heterocycles. The minimum Gasteiger partial charge on any atom is -0.480 e. The third kappa shape index (κ3) is 6.39. The smallest absolute Gasteiger partial charge is 0.325 e. The Morgan fingerprint density at radius 1 is 1.12 bits per heavy atom. The van der Waals surface area contributed by atoms with Gasteiger partial charge in [-0.05, 0) is 20.3 Å². The molecule has 7 heteroatoms. The molecule has 0 aromatic carbocycles. The van der Waals surface area contributed by atoms with Gasteiger partial charge in [0.15, 0.2) is 0 Å². The van der Waals surface area contributed by atoms with Crippen LogP contribution >= 0.6 is 0 Å². The van der Waals surface area contributed by atoms with Crippen molar-refractivity contribution in [2.75, 3.05) is 6.54 Å². The number of carbonyl (C=O) groups is 3. The first kappa shape index (κ1) is 15.2. The number of nitrogens with one attached hydrogen (secondary N) is 3. The molecular formula is C10H19N3O4. The van der Waals surface area contributed by atoms with Gasteiger partial charge in [0, 0.05) is 6.54 Å². The van der Waals surface area contributed by atoms with Crippen LogP contribution in [0.4, 0.5) is 4.79 Å². The summed E-state index contributed by atoms with van der Waals surface area (Å²) in [5.74, 6) is -1.44. The van der Waals surface area contributed by atoms with E-state index in [4.69, 9.17) is 5.11 Å². The third-order valence-electron chi connectivity index (χ3n) is 2.01. The van der Waals surface area contributed by atoms with E-state index in [0.717, 1.165) is 6.42 Å². The topological polar surface area (TPSA) is 108 Å². The Labute approximate surface area is 100.0 Å². The van der Waals surface area contributed by atoms with E-state index in [0.29, 0.717) is 6.54 Å². The van der Waals surface area contributed by atoms with E-state index in [9.17, 15) is 14.4 Å². The minimum atomic E-state index is -1.14. The van der Waals surface area contributed by atoms with E-state index in [-0.39, 0.29) is 5.91 Å². The van der Waals surface area contributed by atoms with E-state index >= 15 is 0 Å². The molecule has 3 amide bonds. The summed E-state index contributed by atoms with van der Waals surface area (Å²) in [5, 5.41) is 15.7. The summed E-state index contributed by atoms with van der Waals surface area (Å²) in [6.07, 6.45) is 0.806. The average Bonchev–Trinajstić information content (AvgIpc) is 2.25. The molecular weight excluding hydrogens is 226 g/mol. The lowest BCUT2D eigenvalue weighted by Crippen LogP contribution is -2.51. The number of carboxylic acids is 1. The summed E-state index contributed by atoms with van der Waals surface area (Å²) in [5.41, 5.74) is 0. The van der Waals surface area contributed by atoms with Gasteiger partial charge in [-0.3, -0.25) is 9.59 Å². The van der Waals surface area contributed by atoms with Crippen LogP contribution in [0, 0.1) is 0 Å². The monoisotopic (exact) mass is 245 g/mol. The molecule has 0 aliphatic carbocycles. The van der Waals surface area contributed by atoms with Gasteiger partial charge in [-0.15, -0.1) is 0 Å². The summed E-state index contributed by atoms with van der Waals surface area (Å²) >= 11 is 0. The highest BCUT2D eigenvalue weighted by molar-refractivity contribution is 5.88. The van der Waals surface area contributed by atoms with Crippen molar-refractivity contribution in [1.82, 2.24) is 16.0 Å². The van der Waals surface area contributed by atoms with Crippen LogP contribution in [0.5, 0.6) is 0 Å². The van der Waals surface area contributed by atoms with Crippen LogP contribution in [0.25, 0.3) is 0 Å². The molecule has 0 aliphatic heterocycles. The van der Waals surface area contributed by atoms with Crippen molar-refractivity contribution in [3.63, 3.8) is 0 Å². The van der Waals surface area contributed by atoms with Crippen LogP contribution in [-0.4, -0.2) is 41.6 Å². The number of aliphatic carboxylic acids is 1. The fourth-order valence-corrected chi connectivity index (χ4v) is 0.964. The predicted molar refractivity (Wildman–Crippen MR) is 61.5 cm³/mol. The fraction of sp³-hybridized carbons (Fsp3) is 0.700. The molecule has 0 heterocycles. The molecule has 0 saturated carbocycles. The molecule has 1 unspecified atom stereocenters. The zero-order valence-corrected chi connectivity index (χ0v) is 10.2. The van der Waals surface area contributed by atoms with Crippen molar-refractivity contribution >= 4 is 17.9 Å². The Hall–Kier alpha value is -1.79. The van der Waals surface area contributed by atoms with Gasteiger partial charge in [0.1, 0.15) is 12.1 Å². The highest BCUT2D eigenvalue weighted by atomic mass is 16.4. The number of urea groups is 1. The molecule has 0 spiro atoms. The van der Waals surface area contributed by atoms with Gasteiger partial charge in [0.25, 0.3) is 0 Å². The standard InChI is InChI=1S/C10H19N3O4/c1-4-5-11-8(14)6(2)12-10(17)13-7(3)9(15)16/h6-7H,4-5H2,1-3H3,(H,11,14)(H,15,16)(H2,12,13,17)/t6?,7-/m1/s1. The molecule has 0 aromatic rings. The number of carbonyl (C=O) groups excluding carboxylic acids is 2. The van der Waals surface area contributed by atoms with Crippen LogP contribution < -0.4 is 16.0 Å². The molecule has 17 heavy (non-hydrogen) atoms. The lowest BCUT2D eigenvalue weighted by Gasteiger charge is -2.15. The highest BCUT2D eigenvalue weighted by Crippen LogP contribution is 1.85. The predicted octanol–water partition coefficient (Wildman–Crippen LogP) is -0.327. The number of hydrogen-bond donors (Lipinski definition) is 4. The number of carboxylic acid groups (broad SMARTS) is 1. The van der Waals surface area contributed by atoms with Crippen LogP contribution in [0.15, 0.2) is 0 Å². The van der Waals surface area contributed by atoms with Crippen LogP contribution in [0.1, 0.15) is 27.2 Å². The SMILES string of the molecule is CCCNC(=O)C(C)NC(=O)N[C@H](C)C(=O)O. The Morgan fingerprint density at radius 3 is 2.12 bits per heavy atom. The maximum Gasteiger partial charge on any atom is 0.325 e.